The van der Waals surface area contributed by atoms with E-state index in [0.717, 1.165) is 18.2 Å². The normalized spacial score (nSPS) is 34.7. The summed E-state index contributed by atoms with van der Waals surface area (Å²) >= 11 is 0. The van der Waals surface area contributed by atoms with Crippen molar-refractivity contribution in [3.63, 3.8) is 0 Å². The van der Waals surface area contributed by atoms with Gasteiger partial charge >= 0.3 is 0 Å². The Morgan fingerprint density at radius 1 is 1.40 bits per heavy atom. The minimum absolute atomic E-state index is 0.229. The van der Waals surface area contributed by atoms with E-state index in [1.807, 2.05) is 12.4 Å². The molecule has 4 nitrogen and oxygen atoms in total. The summed E-state index contributed by atoms with van der Waals surface area (Å²) in [6.45, 7) is 0.964. The Morgan fingerprint density at radius 2 is 2.27 bits per heavy atom. The van der Waals surface area contributed by atoms with E-state index in [2.05, 4.69) is 27.5 Å². The van der Waals surface area contributed by atoms with Crippen LogP contribution < -0.4 is 16.4 Å². The molecule has 1 aliphatic carbocycles. The molecule has 0 saturated heterocycles. The number of rotatable bonds is 2. The van der Waals surface area contributed by atoms with Gasteiger partial charge in [0.2, 0.25) is 12.2 Å². The molecule has 0 bridgehead atoms. The van der Waals surface area contributed by atoms with E-state index in [4.69, 9.17) is 5.73 Å². The molecule has 1 fully saturated rings. The van der Waals surface area contributed by atoms with Gasteiger partial charge in [-0.05, 0) is 12.8 Å². The van der Waals surface area contributed by atoms with E-state index >= 15 is 0 Å². The number of nitrogens with one attached hydrogen (secondary N) is 2. The number of nitrogens with two attached hydrogens (primary N) is 1. The zero-order valence-corrected chi connectivity index (χ0v) is 8.69. The maximum Gasteiger partial charge on any atom is 0.215 e. The summed E-state index contributed by atoms with van der Waals surface area (Å²) in [4.78, 5) is 0. The van der Waals surface area contributed by atoms with Crippen molar-refractivity contribution in [1.29, 1.82) is 0 Å². The fourth-order valence-corrected chi connectivity index (χ4v) is 2.37. The third-order valence-corrected chi connectivity index (χ3v) is 3.31. The van der Waals surface area contributed by atoms with Crippen molar-refractivity contribution in [1.82, 2.24) is 10.6 Å². The zero-order valence-electron chi connectivity index (χ0n) is 8.69. The molecule has 0 aromatic rings. The third-order valence-electron chi connectivity index (χ3n) is 3.31. The van der Waals surface area contributed by atoms with Crippen LogP contribution in [0.15, 0.2) is 24.2 Å². The molecule has 0 aromatic carbocycles. The fourth-order valence-electron chi connectivity index (χ4n) is 2.37. The standard InChI is InChI=1S/C11H17N4/c12-9-7-13-4-3-10(9)15-6-5-14-11(15)8-1-2-8/h3-4,6-8,10-11,13-14H,1-2,5,12H2/q+1. The molecule has 3 aliphatic rings. The van der Waals surface area contributed by atoms with E-state index in [-0.39, 0.29) is 6.04 Å². The second-order valence-electron chi connectivity index (χ2n) is 4.44. The lowest BCUT2D eigenvalue weighted by molar-refractivity contribution is -0.580. The third kappa shape index (κ3) is 1.55. The van der Waals surface area contributed by atoms with Gasteiger partial charge in [-0.3, -0.25) is 0 Å². The van der Waals surface area contributed by atoms with E-state index in [0.29, 0.717) is 6.17 Å². The highest BCUT2D eigenvalue weighted by atomic mass is 15.3. The Bertz CT molecular complexity index is 352. The summed E-state index contributed by atoms with van der Waals surface area (Å²) in [5, 5.41) is 6.54. The summed E-state index contributed by atoms with van der Waals surface area (Å²) in [6.07, 6.45) is 11.4. The lowest BCUT2D eigenvalue weighted by atomic mass is 10.1. The van der Waals surface area contributed by atoms with Crippen molar-refractivity contribution in [2.45, 2.75) is 25.0 Å². The van der Waals surface area contributed by atoms with E-state index < -0.39 is 0 Å². The largest absolute Gasteiger partial charge is 0.395 e. The van der Waals surface area contributed by atoms with Crippen LogP contribution in [0, 0.1) is 5.92 Å². The van der Waals surface area contributed by atoms with Crippen molar-refractivity contribution in [2.24, 2.45) is 11.7 Å². The maximum atomic E-state index is 6.00. The van der Waals surface area contributed by atoms with Crippen molar-refractivity contribution >= 4 is 6.21 Å². The van der Waals surface area contributed by atoms with Gasteiger partial charge < -0.3 is 11.1 Å². The van der Waals surface area contributed by atoms with Crippen LogP contribution in [0.3, 0.4) is 0 Å². The van der Waals surface area contributed by atoms with Crippen molar-refractivity contribution in [3.8, 4) is 0 Å². The average Bonchev–Trinajstić information content (AvgIpc) is 2.98. The van der Waals surface area contributed by atoms with Gasteiger partial charge in [-0.1, -0.05) is 0 Å². The molecule has 4 N–H and O–H groups in total. The molecule has 0 amide bonds. The first-order chi connectivity index (χ1) is 7.36. The van der Waals surface area contributed by atoms with E-state index in [9.17, 15) is 0 Å². The van der Waals surface area contributed by atoms with Crippen LogP contribution in [-0.4, -0.2) is 29.5 Å². The molecule has 1 saturated carbocycles. The first-order valence-electron chi connectivity index (χ1n) is 5.58. The Balaban J connectivity index is 1.82. The van der Waals surface area contributed by atoms with Gasteiger partial charge in [-0.25, -0.2) is 9.89 Å². The highest BCUT2D eigenvalue weighted by Gasteiger charge is 2.43. The molecule has 0 radical (unpaired) electrons. The molecule has 80 valence electrons. The minimum Gasteiger partial charge on any atom is -0.395 e. The van der Waals surface area contributed by atoms with Crippen LogP contribution in [0.5, 0.6) is 0 Å². The lowest BCUT2D eigenvalue weighted by Crippen LogP contribution is -2.42. The molecule has 2 aliphatic heterocycles. The summed E-state index contributed by atoms with van der Waals surface area (Å²) in [5.74, 6) is 0.819. The molecule has 0 spiro atoms. The average molecular weight is 205 g/mol. The van der Waals surface area contributed by atoms with Gasteiger partial charge in [0.25, 0.3) is 0 Å². The molecule has 0 aromatic heterocycles. The molecule has 2 atom stereocenters. The second kappa shape index (κ2) is 3.38. The predicted octanol–water partition coefficient (Wildman–Crippen LogP) is -0.305. The van der Waals surface area contributed by atoms with Crippen LogP contribution in [0.1, 0.15) is 12.8 Å². The molecule has 4 heteroatoms. The van der Waals surface area contributed by atoms with Gasteiger partial charge in [-0.2, -0.15) is 0 Å². The van der Waals surface area contributed by atoms with Crippen LogP contribution in [0.4, 0.5) is 0 Å². The second-order valence-corrected chi connectivity index (χ2v) is 4.44. The Hall–Kier alpha value is -1.29. The highest BCUT2D eigenvalue weighted by Crippen LogP contribution is 2.34. The SMILES string of the molecule is NC1=CNC=CC1[N+]1=CCNC1C1CC1. The monoisotopic (exact) mass is 205 g/mol. The summed E-state index contributed by atoms with van der Waals surface area (Å²) in [5.41, 5.74) is 6.89. The molecular weight excluding hydrogens is 188 g/mol. The molecule has 3 rings (SSSR count). The minimum atomic E-state index is 0.229. The zero-order chi connectivity index (χ0) is 10.3. The van der Waals surface area contributed by atoms with E-state index in [1.165, 1.54) is 12.8 Å². The van der Waals surface area contributed by atoms with Crippen LogP contribution >= 0.6 is 0 Å². The topological polar surface area (TPSA) is 53.1 Å². The van der Waals surface area contributed by atoms with Gasteiger partial charge in [0.15, 0.2) is 6.21 Å². The number of hydrogen-bond acceptors (Lipinski definition) is 3. The van der Waals surface area contributed by atoms with Gasteiger partial charge in [0.1, 0.15) is 0 Å². The van der Waals surface area contributed by atoms with Crippen molar-refractivity contribution in [3.05, 3.63) is 24.2 Å². The van der Waals surface area contributed by atoms with Gasteiger partial charge in [-0.15, -0.1) is 0 Å². The molecule has 2 unspecified atom stereocenters. The quantitative estimate of drug-likeness (QED) is 0.542. The molecular formula is C11H17N4+. The smallest absolute Gasteiger partial charge is 0.215 e. The predicted molar refractivity (Wildman–Crippen MR) is 59.2 cm³/mol. The van der Waals surface area contributed by atoms with Crippen LogP contribution in [-0.2, 0) is 0 Å². The first-order valence-corrected chi connectivity index (χ1v) is 5.58. The van der Waals surface area contributed by atoms with Gasteiger partial charge in [0.05, 0.1) is 12.2 Å². The van der Waals surface area contributed by atoms with Crippen LogP contribution in [0.2, 0.25) is 0 Å². The van der Waals surface area contributed by atoms with Crippen LogP contribution in [0.25, 0.3) is 0 Å². The Kier molecular flexibility index (Phi) is 2.02. The lowest BCUT2D eigenvalue weighted by Gasteiger charge is -2.19. The Morgan fingerprint density at radius 3 is 3.00 bits per heavy atom. The molecule has 15 heavy (non-hydrogen) atoms. The van der Waals surface area contributed by atoms with Crippen molar-refractivity contribution in [2.75, 3.05) is 6.54 Å². The first kappa shape index (κ1) is 8.97. The maximum absolute atomic E-state index is 6.00. The fraction of sp³-hybridized carbons (Fsp3) is 0.545. The van der Waals surface area contributed by atoms with Gasteiger partial charge in [0, 0.05) is 24.4 Å². The molecule has 2 heterocycles. The number of dihydropyridines is 1. The summed E-state index contributed by atoms with van der Waals surface area (Å²) in [7, 11) is 0. The highest BCUT2D eigenvalue weighted by molar-refractivity contribution is 5.56. The number of hydrogen-bond donors (Lipinski definition) is 3. The number of nitrogens with zero attached hydrogens (tertiary/aromatic N) is 1. The Labute approximate surface area is 89.5 Å². The van der Waals surface area contributed by atoms with E-state index in [1.54, 1.807) is 0 Å². The van der Waals surface area contributed by atoms with Crippen molar-refractivity contribution < 1.29 is 4.58 Å². The summed E-state index contributed by atoms with van der Waals surface area (Å²) < 4.78 is 2.36. The summed E-state index contributed by atoms with van der Waals surface area (Å²) in [6, 6.07) is 0.229.